The molecule has 2 bridgehead atoms. The fraction of sp³-hybridized carbons (Fsp3) is 0.690. The molecule has 10 atom stereocenters. The highest BCUT2D eigenvalue weighted by Gasteiger charge is 2.86. The first-order valence-corrected chi connectivity index (χ1v) is 13.9. The molecular weight excluding hydrogens is 572 g/mol. The van der Waals surface area contributed by atoms with Crippen LogP contribution in [-0.4, -0.2) is 85.3 Å². The van der Waals surface area contributed by atoms with Gasteiger partial charge in [0.2, 0.25) is 11.7 Å². The lowest BCUT2D eigenvalue weighted by Gasteiger charge is -2.67. The summed E-state index contributed by atoms with van der Waals surface area (Å²) in [5.41, 5.74) is -4.33. The van der Waals surface area contributed by atoms with Crippen LogP contribution in [0.3, 0.4) is 0 Å². The average Bonchev–Trinajstić information content (AvgIpc) is 3.18. The highest BCUT2D eigenvalue weighted by molar-refractivity contribution is 5.98. The first-order valence-electron chi connectivity index (χ1n) is 13.9. The standard InChI is InChI=1S/C29H34O14/c1-11-16-8-18-28-10-38-29(26(36)37-7,23(28)21(25(35)43-18)41-14(4)32)24(42-15(5)33)20(40-13(3)31)22(28)27(16,6)9-17(34)19(11)39-12(2)30/h16,18,20-24H,8-10H2,1-7H3/t16-,18+,20+,21+,22+,23+,24-,27-,28+,29-/m0/s1. The van der Waals surface area contributed by atoms with Gasteiger partial charge in [0.05, 0.1) is 19.6 Å². The predicted octanol–water partition coefficient (Wildman–Crippen LogP) is 0.717. The van der Waals surface area contributed by atoms with E-state index >= 15 is 0 Å². The Hall–Kier alpha value is -3.81. The first kappa shape index (κ1) is 30.6. The molecule has 5 rings (SSSR count). The minimum atomic E-state index is -2.26. The second-order valence-corrected chi connectivity index (χ2v) is 12.2. The Morgan fingerprint density at radius 3 is 2.07 bits per heavy atom. The summed E-state index contributed by atoms with van der Waals surface area (Å²) in [6.45, 7) is 7.62. The molecule has 0 aromatic rings. The number of hydrogen-bond acceptors (Lipinski definition) is 14. The van der Waals surface area contributed by atoms with Gasteiger partial charge in [0.15, 0.2) is 17.6 Å². The molecule has 3 aliphatic carbocycles. The van der Waals surface area contributed by atoms with Crippen molar-refractivity contribution in [3.8, 4) is 0 Å². The predicted molar refractivity (Wildman–Crippen MR) is 137 cm³/mol. The van der Waals surface area contributed by atoms with Gasteiger partial charge in [-0.15, -0.1) is 0 Å². The van der Waals surface area contributed by atoms with Gasteiger partial charge in [-0.05, 0) is 30.3 Å². The maximum absolute atomic E-state index is 13.8. The van der Waals surface area contributed by atoms with Gasteiger partial charge >= 0.3 is 35.8 Å². The van der Waals surface area contributed by atoms with E-state index in [1.807, 2.05) is 0 Å². The zero-order chi connectivity index (χ0) is 31.8. The van der Waals surface area contributed by atoms with Crippen molar-refractivity contribution in [2.75, 3.05) is 13.7 Å². The van der Waals surface area contributed by atoms with Crippen LogP contribution in [0.2, 0.25) is 0 Å². The highest BCUT2D eigenvalue weighted by Crippen LogP contribution is 2.73. The van der Waals surface area contributed by atoms with Crippen molar-refractivity contribution in [1.82, 2.24) is 0 Å². The molecule has 5 aliphatic rings. The van der Waals surface area contributed by atoms with E-state index in [-0.39, 0.29) is 25.2 Å². The zero-order valence-corrected chi connectivity index (χ0v) is 24.9. The number of ether oxygens (including phenoxy) is 7. The van der Waals surface area contributed by atoms with Crippen LogP contribution in [-0.2, 0) is 66.7 Å². The maximum Gasteiger partial charge on any atom is 0.348 e. The summed E-state index contributed by atoms with van der Waals surface area (Å²) in [7, 11) is 1.07. The van der Waals surface area contributed by atoms with Gasteiger partial charge in [-0.3, -0.25) is 24.0 Å². The minimum Gasteiger partial charge on any atom is -0.467 e. The Balaban J connectivity index is 1.84. The molecule has 2 aliphatic heterocycles. The van der Waals surface area contributed by atoms with E-state index in [2.05, 4.69) is 0 Å². The van der Waals surface area contributed by atoms with Crippen molar-refractivity contribution < 1.29 is 66.7 Å². The normalized spacial score (nSPS) is 40.8. The van der Waals surface area contributed by atoms with Gasteiger partial charge in [-0.1, -0.05) is 6.92 Å². The lowest BCUT2D eigenvalue weighted by Crippen LogP contribution is -2.80. The summed E-state index contributed by atoms with van der Waals surface area (Å²) in [5.74, 6) is -8.65. The van der Waals surface area contributed by atoms with Gasteiger partial charge in [0.25, 0.3) is 0 Å². The fourth-order valence-corrected chi connectivity index (χ4v) is 8.90. The van der Waals surface area contributed by atoms with Gasteiger partial charge in [-0.2, -0.15) is 0 Å². The van der Waals surface area contributed by atoms with E-state index in [4.69, 9.17) is 33.2 Å². The molecule has 234 valence electrons. The van der Waals surface area contributed by atoms with Crippen LogP contribution in [0.5, 0.6) is 0 Å². The van der Waals surface area contributed by atoms with E-state index in [0.29, 0.717) is 5.57 Å². The van der Waals surface area contributed by atoms with Gasteiger partial charge in [0.1, 0.15) is 12.2 Å². The zero-order valence-electron chi connectivity index (χ0n) is 24.9. The van der Waals surface area contributed by atoms with Crippen molar-refractivity contribution in [3.05, 3.63) is 11.3 Å². The Bertz CT molecular complexity index is 1360. The van der Waals surface area contributed by atoms with E-state index < -0.39 is 100 Å². The number of fused-ring (bicyclic) bond motifs is 2. The molecule has 0 radical (unpaired) electrons. The lowest BCUT2D eigenvalue weighted by molar-refractivity contribution is -0.294. The highest BCUT2D eigenvalue weighted by atomic mass is 16.6. The van der Waals surface area contributed by atoms with E-state index in [0.717, 1.165) is 27.9 Å². The molecule has 1 spiro atoms. The van der Waals surface area contributed by atoms with E-state index in [9.17, 15) is 33.6 Å². The monoisotopic (exact) mass is 606 g/mol. The number of carbonyl (C=O) groups excluding carboxylic acids is 7. The Morgan fingerprint density at radius 1 is 0.884 bits per heavy atom. The fourth-order valence-electron chi connectivity index (χ4n) is 8.90. The summed E-state index contributed by atoms with van der Waals surface area (Å²) < 4.78 is 39.8. The third kappa shape index (κ3) is 4.12. The van der Waals surface area contributed by atoms with Crippen LogP contribution < -0.4 is 0 Å². The first-order chi connectivity index (χ1) is 20.1. The Kier molecular flexibility index (Phi) is 7.22. The summed E-state index contributed by atoms with van der Waals surface area (Å²) in [6.07, 6.45) is -5.88. The number of methoxy groups -OCH3 is 1. The maximum atomic E-state index is 13.8. The quantitative estimate of drug-likeness (QED) is 0.315. The molecular formula is C29H34O14. The Morgan fingerprint density at radius 2 is 1.51 bits per heavy atom. The molecule has 0 N–H and O–H groups in total. The number of carbonyl (C=O) groups is 7. The number of hydrogen-bond donors (Lipinski definition) is 0. The van der Waals surface area contributed by atoms with Crippen molar-refractivity contribution in [2.24, 2.45) is 28.6 Å². The van der Waals surface area contributed by atoms with Crippen LogP contribution in [0.15, 0.2) is 11.3 Å². The second kappa shape index (κ2) is 10.1. The molecule has 43 heavy (non-hydrogen) atoms. The lowest BCUT2D eigenvalue weighted by atomic mass is 9.38. The number of allylic oxidation sites excluding steroid dienone is 2. The average molecular weight is 607 g/mol. The third-order valence-corrected chi connectivity index (χ3v) is 9.89. The van der Waals surface area contributed by atoms with E-state index in [1.165, 1.54) is 6.92 Å². The third-order valence-electron chi connectivity index (χ3n) is 9.89. The minimum absolute atomic E-state index is 0.109. The van der Waals surface area contributed by atoms with Gasteiger partial charge in [0, 0.05) is 45.4 Å². The SMILES string of the molecule is COC(=O)[C@@]12OC[C@]34[C@H]([C@@H](OC(C)=O)[C@@H]1OC(C)=O)[C@@]1(C)CC(=O)C(OC(C)=O)=C(C)[C@@H]1C[C@H]3OC(=O)[C@H](OC(C)=O)[C@@H]24. The molecule has 2 saturated carbocycles. The molecule has 0 unspecified atom stereocenters. The van der Waals surface area contributed by atoms with Gasteiger partial charge in [-0.25, -0.2) is 9.59 Å². The topological polar surface area (TPSA) is 184 Å². The van der Waals surface area contributed by atoms with Crippen LogP contribution >= 0.6 is 0 Å². The van der Waals surface area contributed by atoms with Crippen molar-refractivity contribution in [3.63, 3.8) is 0 Å². The van der Waals surface area contributed by atoms with Crippen LogP contribution in [0.4, 0.5) is 0 Å². The summed E-state index contributed by atoms with van der Waals surface area (Å²) in [4.78, 5) is 90.4. The molecule has 2 saturated heterocycles. The molecule has 2 heterocycles. The molecule has 14 nitrogen and oxygen atoms in total. The van der Waals surface area contributed by atoms with E-state index in [1.54, 1.807) is 13.8 Å². The largest absolute Gasteiger partial charge is 0.467 e. The number of Topliss-reactive ketones (excluding diaryl/α,β-unsaturated/α-hetero) is 1. The molecule has 0 aromatic carbocycles. The number of rotatable bonds is 5. The molecule has 0 aromatic heterocycles. The number of ketones is 1. The van der Waals surface area contributed by atoms with Crippen molar-refractivity contribution in [1.29, 1.82) is 0 Å². The molecule has 14 heteroatoms. The molecule has 4 fully saturated rings. The van der Waals surface area contributed by atoms with Crippen molar-refractivity contribution >= 4 is 41.6 Å². The van der Waals surface area contributed by atoms with Crippen LogP contribution in [0.25, 0.3) is 0 Å². The Labute approximate surface area is 246 Å². The van der Waals surface area contributed by atoms with Crippen LogP contribution in [0.1, 0.15) is 54.4 Å². The van der Waals surface area contributed by atoms with Crippen molar-refractivity contribution in [2.45, 2.75) is 84.4 Å². The smallest absolute Gasteiger partial charge is 0.348 e. The van der Waals surface area contributed by atoms with Gasteiger partial charge < -0.3 is 33.2 Å². The summed E-state index contributed by atoms with van der Waals surface area (Å²) in [6, 6.07) is 0. The van der Waals surface area contributed by atoms with Crippen LogP contribution in [0, 0.1) is 28.6 Å². The summed E-state index contributed by atoms with van der Waals surface area (Å²) >= 11 is 0. The summed E-state index contributed by atoms with van der Waals surface area (Å²) in [5, 5.41) is 0. The number of esters is 6. The molecule has 0 amide bonds. The second-order valence-electron chi connectivity index (χ2n) is 12.2.